The Morgan fingerprint density at radius 2 is 1.94 bits per heavy atom. The lowest BCUT2D eigenvalue weighted by Crippen LogP contribution is -2.05. The smallest absolute Gasteiger partial charge is 0.231 e. The first-order valence-corrected chi connectivity index (χ1v) is 9.34. The second-order valence-electron chi connectivity index (χ2n) is 6.49. The van der Waals surface area contributed by atoms with Gasteiger partial charge < -0.3 is 18.9 Å². The number of ether oxygens (including phenoxy) is 4. The van der Waals surface area contributed by atoms with Crippen LogP contribution in [-0.2, 0) is 0 Å². The molecule has 1 atom stereocenters. The molecule has 0 bridgehead atoms. The minimum Gasteiger partial charge on any atom is -0.493 e. The van der Waals surface area contributed by atoms with Gasteiger partial charge in [0.15, 0.2) is 28.8 Å². The standard InChI is InChI=1S/C22H19N5O4/c1-28-18-6-4-15(8-20(18)29-2)16(9-23)17-11-24-12-22(26-17)27-25-10-14-3-5-19-21(7-14)31-13-30-19/h3-8,10-12,16H,13H2,1-2H3,(H,26,27)/b25-10+. The molecule has 2 heterocycles. The van der Waals surface area contributed by atoms with Gasteiger partial charge in [0.25, 0.3) is 0 Å². The van der Waals surface area contributed by atoms with Gasteiger partial charge in [0, 0.05) is 0 Å². The van der Waals surface area contributed by atoms with Crippen LogP contribution in [0.1, 0.15) is 22.7 Å². The average Bonchev–Trinajstić information content (AvgIpc) is 3.28. The van der Waals surface area contributed by atoms with Crippen LogP contribution in [0.4, 0.5) is 5.82 Å². The Morgan fingerprint density at radius 1 is 1.10 bits per heavy atom. The summed E-state index contributed by atoms with van der Waals surface area (Å²) in [6.45, 7) is 0.219. The Morgan fingerprint density at radius 3 is 2.74 bits per heavy atom. The quantitative estimate of drug-likeness (QED) is 0.460. The Labute approximate surface area is 178 Å². The van der Waals surface area contributed by atoms with Crippen LogP contribution < -0.4 is 24.4 Å². The summed E-state index contributed by atoms with van der Waals surface area (Å²) in [5.41, 5.74) is 4.88. The lowest BCUT2D eigenvalue weighted by Gasteiger charge is -2.13. The molecule has 0 saturated carbocycles. The third-order valence-electron chi connectivity index (χ3n) is 4.61. The first-order valence-electron chi connectivity index (χ1n) is 9.34. The van der Waals surface area contributed by atoms with Crippen molar-refractivity contribution >= 4 is 12.0 Å². The van der Waals surface area contributed by atoms with Gasteiger partial charge >= 0.3 is 0 Å². The first-order chi connectivity index (χ1) is 15.2. The fraction of sp³-hybridized carbons (Fsp3) is 0.182. The molecular weight excluding hydrogens is 398 g/mol. The number of hydrogen-bond donors (Lipinski definition) is 1. The van der Waals surface area contributed by atoms with Crippen molar-refractivity contribution in [1.29, 1.82) is 5.26 Å². The van der Waals surface area contributed by atoms with Crippen molar-refractivity contribution < 1.29 is 18.9 Å². The molecule has 9 nitrogen and oxygen atoms in total. The molecule has 0 amide bonds. The molecular formula is C22H19N5O4. The molecule has 1 aliphatic heterocycles. The first kappa shape index (κ1) is 20.0. The Bertz CT molecular complexity index is 1160. The number of benzene rings is 2. The topological polar surface area (TPSA) is 111 Å². The van der Waals surface area contributed by atoms with Crippen molar-refractivity contribution in [2.75, 3.05) is 26.4 Å². The summed E-state index contributed by atoms with van der Waals surface area (Å²) in [5.74, 6) is 2.29. The summed E-state index contributed by atoms with van der Waals surface area (Å²) in [7, 11) is 3.11. The second-order valence-corrected chi connectivity index (χ2v) is 6.49. The monoisotopic (exact) mass is 417 g/mol. The molecule has 9 heteroatoms. The van der Waals surface area contributed by atoms with Gasteiger partial charge in [0.05, 0.1) is 44.6 Å². The number of fused-ring (bicyclic) bond motifs is 1. The van der Waals surface area contributed by atoms with Gasteiger partial charge in [-0.2, -0.15) is 10.4 Å². The predicted molar refractivity (Wildman–Crippen MR) is 113 cm³/mol. The van der Waals surface area contributed by atoms with Gasteiger partial charge in [-0.25, -0.2) is 4.98 Å². The highest BCUT2D eigenvalue weighted by Crippen LogP contribution is 2.33. The van der Waals surface area contributed by atoms with E-state index in [1.54, 1.807) is 44.8 Å². The normalized spacial score (nSPS) is 12.9. The van der Waals surface area contributed by atoms with Crippen LogP contribution in [0.15, 0.2) is 53.9 Å². The van der Waals surface area contributed by atoms with Crippen LogP contribution in [0.25, 0.3) is 0 Å². The fourth-order valence-electron chi connectivity index (χ4n) is 3.08. The van der Waals surface area contributed by atoms with Gasteiger partial charge in [-0.15, -0.1) is 0 Å². The number of nitrogens with zero attached hydrogens (tertiary/aromatic N) is 4. The van der Waals surface area contributed by atoms with Gasteiger partial charge in [0.1, 0.15) is 5.92 Å². The number of anilines is 1. The molecule has 0 radical (unpaired) electrons. The summed E-state index contributed by atoms with van der Waals surface area (Å²) in [6.07, 6.45) is 4.72. The van der Waals surface area contributed by atoms with E-state index in [9.17, 15) is 5.26 Å². The third-order valence-corrected chi connectivity index (χ3v) is 4.61. The zero-order chi connectivity index (χ0) is 21.6. The lowest BCUT2D eigenvalue weighted by atomic mass is 9.97. The molecule has 156 valence electrons. The minimum atomic E-state index is -0.633. The molecule has 0 saturated heterocycles. The third kappa shape index (κ3) is 4.33. The second kappa shape index (κ2) is 9.00. The van der Waals surface area contributed by atoms with Gasteiger partial charge in [0.2, 0.25) is 6.79 Å². The number of hydrazone groups is 1. The number of nitrogens with one attached hydrogen (secondary N) is 1. The number of nitriles is 1. The highest BCUT2D eigenvalue weighted by molar-refractivity contribution is 5.81. The van der Waals surface area contributed by atoms with E-state index < -0.39 is 5.92 Å². The number of methoxy groups -OCH3 is 2. The SMILES string of the molecule is COc1ccc(C(C#N)c2cncc(N/N=C/c3ccc4c(c3)OCO4)n2)cc1OC. The summed E-state index contributed by atoms with van der Waals surface area (Å²) < 4.78 is 21.2. The van der Waals surface area contributed by atoms with Crippen LogP contribution in [0, 0.1) is 11.3 Å². The van der Waals surface area contributed by atoms with Crippen LogP contribution in [0.5, 0.6) is 23.0 Å². The van der Waals surface area contributed by atoms with Crippen LogP contribution in [0.3, 0.4) is 0 Å². The average molecular weight is 417 g/mol. The van der Waals surface area contributed by atoms with E-state index in [0.29, 0.717) is 34.5 Å². The Kier molecular flexibility index (Phi) is 5.80. The highest BCUT2D eigenvalue weighted by Gasteiger charge is 2.18. The molecule has 1 unspecified atom stereocenters. The summed E-state index contributed by atoms with van der Waals surface area (Å²) in [6, 6.07) is 13.1. The van der Waals surface area contributed by atoms with Crippen molar-refractivity contribution in [3.63, 3.8) is 0 Å². The predicted octanol–water partition coefficient (Wildman–Crippen LogP) is 3.32. The van der Waals surface area contributed by atoms with Crippen molar-refractivity contribution in [2.24, 2.45) is 5.10 Å². The largest absolute Gasteiger partial charge is 0.493 e. The van der Waals surface area contributed by atoms with Crippen molar-refractivity contribution in [3.05, 3.63) is 65.6 Å². The molecule has 1 aromatic heterocycles. The number of hydrogen-bond acceptors (Lipinski definition) is 9. The molecule has 1 N–H and O–H groups in total. The molecule has 0 aliphatic carbocycles. The molecule has 2 aromatic carbocycles. The molecule has 0 spiro atoms. The number of rotatable bonds is 7. The van der Waals surface area contributed by atoms with Crippen LogP contribution in [-0.4, -0.2) is 37.2 Å². The molecule has 4 rings (SSSR count). The number of aromatic nitrogens is 2. The summed E-state index contributed by atoms with van der Waals surface area (Å²) in [4.78, 5) is 8.67. The molecule has 3 aromatic rings. The van der Waals surface area contributed by atoms with E-state index in [2.05, 4.69) is 26.6 Å². The van der Waals surface area contributed by atoms with E-state index >= 15 is 0 Å². The van der Waals surface area contributed by atoms with E-state index in [1.807, 2.05) is 18.2 Å². The van der Waals surface area contributed by atoms with Crippen LogP contribution >= 0.6 is 0 Å². The Balaban J connectivity index is 1.51. The Hall–Kier alpha value is -4.32. The highest BCUT2D eigenvalue weighted by atomic mass is 16.7. The lowest BCUT2D eigenvalue weighted by molar-refractivity contribution is 0.174. The summed E-state index contributed by atoms with van der Waals surface area (Å²) >= 11 is 0. The molecule has 0 fully saturated rings. The zero-order valence-electron chi connectivity index (χ0n) is 16.9. The van der Waals surface area contributed by atoms with Gasteiger partial charge in [-0.3, -0.25) is 10.4 Å². The van der Waals surface area contributed by atoms with E-state index in [4.69, 9.17) is 18.9 Å². The van der Waals surface area contributed by atoms with E-state index in [-0.39, 0.29) is 6.79 Å². The van der Waals surface area contributed by atoms with Gasteiger partial charge in [-0.1, -0.05) is 6.07 Å². The van der Waals surface area contributed by atoms with Crippen molar-refractivity contribution in [3.8, 4) is 29.1 Å². The zero-order valence-corrected chi connectivity index (χ0v) is 16.9. The minimum absolute atomic E-state index is 0.219. The van der Waals surface area contributed by atoms with Crippen LogP contribution in [0.2, 0.25) is 0 Å². The van der Waals surface area contributed by atoms with Crippen molar-refractivity contribution in [1.82, 2.24) is 9.97 Å². The summed E-state index contributed by atoms with van der Waals surface area (Å²) in [5, 5.41) is 13.9. The maximum absolute atomic E-state index is 9.75. The molecule has 1 aliphatic rings. The maximum atomic E-state index is 9.75. The maximum Gasteiger partial charge on any atom is 0.231 e. The van der Waals surface area contributed by atoms with Gasteiger partial charge in [-0.05, 0) is 41.5 Å². The fourth-order valence-corrected chi connectivity index (χ4v) is 3.08. The molecule has 31 heavy (non-hydrogen) atoms. The van der Waals surface area contributed by atoms with Crippen molar-refractivity contribution in [2.45, 2.75) is 5.92 Å². The van der Waals surface area contributed by atoms with E-state index in [1.165, 1.54) is 6.20 Å². The van der Waals surface area contributed by atoms with E-state index in [0.717, 1.165) is 11.1 Å².